The van der Waals surface area contributed by atoms with Crippen LogP contribution in [0.1, 0.15) is 33.1 Å². The van der Waals surface area contributed by atoms with Gasteiger partial charge in [0.25, 0.3) is 0 Å². The van der Waals surface area contributed by atoms with Crippen LogP contribution in [0.3, 0.4) is 0 Å². The van der Waals surface area contributed by atoms with Crippen molar-refractivity contribution in [3.63, 3.8) is 0 Å². The molecule has 0 unspecified atom stereocenters. The van der Waals surface area contributed by atoms with Crippen LogP contribution in [0.4, 0.5) is 0 Å². The highest BCUT2D eigenvalue weighted by Gasteiger charge is 2.01. The number of nitrogens with zero attached hydrogens (tertiary/aromatic N) is 1. The zero-order valence-electron chi connectivity index (χ0n) is 11.0. The SMILES string of the molecule is CCCCC(=O)NCCN(C)CCNCC. The number of amides is 1. The first-order valence-corrected chi connectivity index (χ1v) is 6.36. The molecule has 0 aromatic carbocycles. The summed E-state index contributed by atoms with van der Waals surface area (Å²) < 4.78 is 0. The molecular weight excluding hydrogens is 202 g/mol. The Morgan fingerprint density at radius 1 is 1.19 bits per heavy atom. The predicted molar refractivity (Wildman–Crippen MR) is 68.6 cm³/mol. The van der Waals surface area contributed by atoms with Crippen LogP contribution in [0.15, 0.2) is 0 Å². The first-order chi connectivity index (χ1) is 7.70. The number of unbranched alkanes of at least 4 members (excludes halogenated alkanes) is 1. The highest BCUT2D eigenvalue weighted by atomic mass is 16.1. The van der Waals surface area contributed by atoms with E-state index in [1.54, 1.807) is 0 Å². The van der Waals surface area contributed by atoms with Crippen molar-refractivity contribution < 1.29 is 4.79 Å². The van der Waals surface area contributed by atoms with E-state index in [1.165, 1.54) is 0 Å². The quantitative estimate of drug-likeness (QED) is 0.546. The first-order valence-electron chi connectivity index (χ1n) is 6.36. The van der Waals surface area contributed by atoms with Crippen molar-refractivity contribution in [2.75, 3.05) is 39.8 Å². The van der Waals surface area contributed by atoms with Crippen molar-refractivity contribution in [2.24, 2.45) is 0 Å². The van der Waals surface area contributed by atoms with E-state index in [0.717, 1.165) is 45.6 Å². The number of hydrogen-bond donors (Lipinski definition) is 2. The van der Waals surface area contributed by atoms with Crippen LogP contribution in [-0.2, 0) is 4.79 Å². The van der Waals surface area contributed by atoms with Crippen LogP contribution < -0.4 is 10.6 Å². The average Bonchev–Trinajstić information content (AvgIpc) is 2.26. The zero-order valence-corrected chi connectivity index (χ0v) is 11.0. The molecule has 0 aliphatic rings. The average molecular weight is 229 g/mol. The Morgan fingerprint density at radius 2 is 1.88 bits per heavy atom. The summed E-state index contributed by atoms with van der Waals surface area (Å²) in [6, 6.07) is 0. The van der Waals surface area contributed by atoms with Crippen molar-refractivity contribution in [2.45, 2.75) is 33.1 Å². The second-order valence-corrected chi connectivity index (χ2v) is 4.11. The Balaban J connectivity index is 3.32. The monoisotopic (exact) mass is 229 g/mol. The molecule has 96 valence electrons. The van der Waals surface area contributed by atoms with Gasteiger partial charge >= 0.3 is 0 Å². The van der Waals surface area contributed by atoms with Crippen LogP contribution in [-0.4, -0.2) is 50.6 Å². The van der Waals surface area contributed by atoms with Crippen LogP contribution in [0, 0.1) is 0 Å². The molecule has 16 heavy (non-hydrogen) atoms. The topological polar surface area (TPSA) is 44.4 Å². The zero-order chi connectivity index (χ0) is 12.2. The second kappa shape index (κ2) is 10.9. The third kappa shape index (κ3) is 9.93. The molecule has 0 bridgehead atoms. The van der Waals surface area contributed by atoms with Crippen molar-refractivity contribution in [1.82, 2.24) is 15.5 Å². The molecule has 0 rings (SSSR count). The maximum absolute atomic E-state index is 11.3. The molecule has 2 N–H and O–H groups in total. The van der Waals surface area contributed by atoms with Gasteiger partial charge in [-0.05, 0) is 20.0 Å². The molecule has 0 saturated carbocycles. The van der Waals surface area contributed by atoms with Gasteiger partial charge in [0.05, 0.1) is 0 Å². The molecule has 4 nitrogen and oxygen atoms in total. The number of carbonyl (C=O) groups is 1. The van der Waals surface area contributed by atoms with E-state index in [2.05, 4.69) is 36.4 Å². The summed E-state index contributed by atoms with van der Waals surface area (Å²) in [7, 11) is 2.08. The number of rotatable bonds is 10. The lowest BCUT2D eigenvalue weighted by atomic mass is 10.2. The Kier molecular flexibility index (Phi) is 10.5. The summed E-state index contributed by atoms with van der Waals surface area (Å²) in [5.74, 6) is 0.182. The van der Waals surface area contributed by atoms with Crippen molar-refractivity contribution in [3.8, 4) is 0 Å². The van der Waals surface area contributed by atoms with Gasteiger partial charge in [0.2, 0.25) is 5.91 Å². The minimum atomic E-state index is 0.182. The number of hydrogen-bond acceptors (Lipinski definition) is 3. The summed E-state index contributed by atoms with van der Waals surface area (Å²) in [6.45, 7) is 8.93. The molecule has 0 radical (unpaired) electrons. The molecule has 0 fully saturated rings. The van der Waals surface area contributed by atoms with Gasteiger partial charge in [0.1, 0.15) is 0 Å². The normalized spacial score (nSPS) is 10.8. The molecule has 0 aliphatic carbocycles. The van der Waals surface area contributed by atoms with E-state index in [0.29, 0.717) is 6.42 Å². The maximum atomic E-state index is 11.3. The van der Waals surface area contributed by atoms with E-state index in [4.69, 9.17) is 0 Å². The summed E-state index contributed by atoms with van der Waals surface area (Å²) in [5, 5.41) is 6.22. The van der Waals surface area contributed by atoms with Gasteiger partial charge < -0.3 is 15.5 Å². The number of likely N-dealkylation sites (N-methyl/N-ethyl adjacent to an activating group) is 2. The Morgan fingerprint density at radius 3 is 2.50 bits per heavy atom. The fourth-order valence-electron chi connectivity index (χ4n) is 1.37. The third-order valence-electron chi connectivity index (χ3n) is 2.49. The molecular formula is C12H27N3O. The van der Waals surface area contributed by atoms with Gasteiger partial charge in [-0.3, -0.25) is 4.79 Å². The number of carbonyl (C=O) groups excluding carboxylic acids is 1. The Bertz CT molecular complexity index is 174. The van der Waals surface area contributed by atoms with Crippen LogP contribution in [0.25, 0.3) is 0 Å². The maximum Gasteiger partial charge on any atom is 0.220 e. The fraction of sp³-hybridized carbons (Fsp3) is 0.917. The van der Waals surface area contributed by atoms with Gasteiger partial charge in [-0.2, -0.15) is 0 Å². The molecule has 0 heterocycles. The van der Waals surface area contributed by atoms with Gasteiger partial charge in [0, 0.05) is 32.6 Å². The highest BCUT2D eigenvalue weighted by molar-refractivity contribution is 5.75. The van der Waals surface area contributed by atoms with E-state index in [9.17, 15) is 4.79 Å². The standard InChI is InChI=1S/C12H27N3O/c1-4-6-7-12(16)14-9-11-15(3)10-8-13-5-2/h13H,4-11H2,1-3H3,(H,14,16). The van der Waals surface area contributed by atoms with Gasteiger partial charge in [-0.1, -0.05) is 20.3 Å². The van der Waals surface area contributed by atoms with Crippen LogP contribution in [0.2, 0.25) is 0 Å². The molecule has 0 aromatic rings. The van der Waals surface area contributed by atoms with Crippen LogP contribution in [0.5, 0.6) is 0 Å². The first kappa shape index (κ1) is 15.4. The van der Waals surface area contributed by atoms with Crippen molar-refractivity contribution >= 4 is 5.91 Å². The van der Waals surface area contributed by atoms with Crippen LogP contribution >= 0.6 is 0 Å². The molecule has 0 aliphatic heterocycles. The summed E-state index contributed by atoms with van der Waals surface area (Å²) in [5.41, 5.74) is 0. The fourth-order valence-corrected chi connectivity index (χ4v) is 1.37. The molecule has 0 atom stereocenters. The molecule has 4 heteroatoms. The highest BCUT2D eigenvalue weighted by Crippen LogP contribution is 1.92. The lowest BCUT2D eigenvalue weighted by Gasteiger charge is -2.16. The molecule has 0 saturated heterocycles. The Hall–Kier alpha value is -0.610. The van der Waals surface area contributed by atoms with Gasteiger partial charge in [0.15, 0.2) is 0 Å². The van der Waals surface area contributed by atoms with Gasteiger partial charge in [-0.15, -0.1) is 0 Å². The molecule has 1 amide bonds. The van der Waals surface area contributed by atoms with E-state index in [1.807, 2.05) is 0 Å². The summed E-state index contributed by atoms with van der Waals surface area (Å²) in [6.07, 6.45) is 2.73. The predicted octanol–water partition coefficient (Wildman–Crippen LogP) is 0.834. The van der Waals surface area contributed by atoms with E-state index < -0.39 is 0 Å². The number of nitrogens with one attached hydrogen (secondary N) is 2. The van der Waals surface area contributed by atoms with E-state index >= 15 is 0 Å². The lowest BCUT2D eigenvalue weighted by molar-refractivity contribution is -0.121. The summed E-state index contributed by atoms with van der Waals surface area (Å²) in [4.78, 5) is 13.5. The van der Waals surface area contributed by atoms with Crippen molar-refractivity contribution in [3.05, 3.63) is 0 Å². The van der Waals surface area contributed by atoms with Gasteiger partial charge in [-0.25, -0.2) is 0 Å². The Labute approximate surface area is 99.8 Å². The smallest absolute Gasteiger partial charge is 0.220 e. The van der Waals surface area contributed by atoms with Crippen molar-refractivity contribution in [1.29, 1.82) is 0 Å². The lowest BCUT2D eigenvalue weighted by Crippen LogP contribution is -2.36. The third-order valence-corrected chi connectivity index (χ3v) is 2.49. The van der Waals surface area contributed by atoms with E-state index in [-0.39, 0.29) is 5.91 Å². The molecule has 0 spiro atoms. The summed E-state index contributed by atoms with van der Waals surface area (Å²) >= 11 is 0. The second-order valence-electron chi connectivity index (χ2n) is 4.11. The molecule has 0 aromatic heterocycles. The largest absolute Gasteiger partial charge is 0.355 e. The minimum Gasteiger partial charge on any atom is -0.355 e. The minimum absolute atomic E-state index is 0.182.